The fourth-order valence-electron chi connectivity index (χ4n) is 2.44. The Hall–Kier alpha value is -1.97. The number of benzene rings is 1. The third-order valence-electron chi connectivity index (χ3n) is 3.51. The fourth-order valence-corrected chi connectivity index (χ4v) is 2.44. The van der Waals surface area contributed by atoms with E-state index in [0.717, 1.165) is 19.5 Å². The summed E-state index contributed by atoms with van der Waals surface area (Å²) in [6, 6.07) is 8.54. The normalized spacial score (nSPS) is 18.9. The summed E-state index contributed by atoms with van der Waals surface area (Å²) in [6.07, 6.45) is 2.89. The quantitative estimate of drug-likeness (QED) is 0.491. The lowest BCUT2D eigenvalue weighted by molar-refractivity contribution is 0.601. The maximum absolute atomic E-state index is 5.80. The summed E-state index contributed by atoms with van der Waals surface area (Å²) < 4.78 is 0. The molecule has 0 amide bonds. The maximum Gasteiger partial charge on any atom is 0.188 e. The van der Waals surface area contributed by atoms with Crippen LogP contribution < -0.4 is 16.0 Å². The van der Waals surface area contributed by atoms with Gasteiger partial charge in [0, 0.05) is 38.3 Å². The lowest BCUT2D eigenvalue weighted by atomic mass is 9.90. The minimum absolute atomic E-state index is 0.455. The van der Waals surface area contributed by atoms with E-state index in [2.05, 4.69) is 53.1 Å². The average Bonchev–Trinajstić information content (AvgIpc) is 2.45. The van der Waals surface area contributed by atoms with Gasteiger partial charge in [-0.15, -0.1) is 6.58 Å². The number of para-hydroxylation sites is 1. The Morgan fingerprint density at radius 2 is 2.37 bits per heavy atom. The SMILES string of the molecule is C=CCNC(N)=NCC1CCN(C)c2ccccc21. The van der Waals surface area contributed by atoms with Gasteiger partial charge in [-0.25, -0.2) is 0 Å². The van der Waals surface area contributed by atoms with Crippen LogP contribution in [0.5, 0.6) is 0 Å². The molecule has 4 nitrogen and oxygen atoms in total. The third kappa shape index (κ3) is 3.28. The van der Waals surface area contributed by atoms with Gasteiger partial charge in [-0.3, -0.25) is 4.99 Å². The van der Waals surface area contributed by atoms with Crippen molar-refractivity contribution in [3.8, 4) is 0 Å². The fraction of sp³-hybridized carbons (Fsp3) is 0.400. The van der Waals surface area contributed by atoms with Crippen LogP contribution in [0.25, 0.3) is 0 Å². The topological polar surface area (TPSA) is 53.6 Å². The maximum atomic E-state index is 5.80. The number of nitrogens with one attached hydrogen (secondary N) is 1. The predicted molar refractivity (Wildman–Crippen MR) is 81.8 cm³/mol. The van der Waals surface area contributed by atoms with E-state index in [9.17, 15) is 0 Å². The van der Waals surface area contributed by atoms with Crippen molar-refractivity contribution in [2.75, 3.05) is 31.6 Å². The van der Waals surface area contributed by atoms with Gasteiger partial charge in [0.2, 0.25) is 0 Å². The van der Waals surface area contributed by atoms with E-state index in [-0.39, 0.29) is 0 Å². The summed E-state index contributed by atoms with van der Waals surface area (Å²) in [5, 5.41) is 3.00. The lowest BCUT2D eigenvalue weighted by Gasteiger charge is -2.32. The Labute approximate surface area is 115 Å². The second kappa shape index (κ2) is 6.27. The molecule has 1 unspecified atom stereocenters. The second-order valence-electron chi connectivity index (χ2n) is 4.86. The Bertz CT molecular complexity index is 467. The van der Waals surface area contributed by atoms with E-state index in [1.165, 1.54) is 11.3 Å². The number of hydrogen-bond donors (Lipinski definition) is 2. The van der Waals surface area contributed by atoms with Gasteiger partial charge in [0.15, 0.2) is 5.96 Å². The summed E-state index contributed by atoms with van der Waals surface area (Å²) >= 11 is 0. The van der Waals surface area contributed by atoms with Gasteiger partial charge in [-0.2, -0.15) is 0 Å². The predicted octanol–water partition coefficient (Wildman–Crippen LogP) is 1.70. The van der Waals surface area contributed by atoms with Crippen molar-refractivity contribution in [1.29, 1.82) is 0 Å². The van der Waals surface area contributed by atoms with Gasteiger partial charge < -0.3 is 16.0 Å². The second-order valence-corrected chi connectivity index (χ2v) is 4.86. The molecule has 1 heterocycles. The molecule has 1 aromatic carbocycles. The molecule has 0 aliphatic carbocycles. The molecule has 1 aliphatic heterocycles. The molecule has 0 bridgehead atoms. The Balaban J connectivity index is 2.06. The summed E-state index contributed by atoms with van der Waals surface area (Å²) in [5.41, 5.74) is 8.49. The van der Waals surface area contributed by atoms with Crippen molar-refractivity contribution in [3.63, 3.8) is 0 Å². The van der Waals surface area contributed by atoms with E-state index in [1.54, 1.807) is 6.08 Å². The van der Waals surface area contributed by atoms with Gasteiger partial charge in [-0.05, 0) is 18.1 Å². The van der Waals surface area contributed by atoms with Crippen LogP contribution in [0, 0.1) is 0 Å². The molecule has 3 N–H and O–H groups in total. The number of hydrogen-bond acceptors (Lipinski definition) is 2. The zero-order valence-electron chi connectivity index (χ0n) is 11.5. The molecular weight excluding hydrogens is 236 g/mol. The highest BCUT2D eigenvalue weighted by molar-refractivity contribution is 5.78. The Kier molecular flexibility index (Phi) is 4.44. The number of rotatable bonds is 4. The smallest absolute Gasteiger partial charge is 0.188 e. The zero-order chi connectivity index (χ0) is 13.7. The van der Waals surface area contributed by atoms with Crippen molar-refractivity contribution >= 4 is 11.6 Å². The Morgan fingerprint density at radius 1 is 1.58 bits per heavy atom. The monoisotopic (exact) mass is 258 g/mol. The Morgan fingerprint density at radius 3 is 3.16 bits per heavy atom. The molecule has 0 fully saturated rings. The van der Waals surface area contributed by atoms with Gasteiger partial charge in [0.1, 0.15) is 0 Å². The van der Waals surface area contributed by atoms with E-state index in [4.69, 9.17) is 5.73 Å². The number of nitrogens with zero attached hydrogens (tertiary/aromatic N) is 2. The van der Waals surface area contributed by atoms with Gasteiger partial charge in [0.05, 0.1) is 0 Å². The average molecular weight is 258 g/mol. The van der Waals surface area contributed by atoms with E-state index < -0.39 is 0 Å². The first-order chi connectivity index (χ1) is 9.22. The van der Waals surface area contributed by atoms with Crippen LogP contribution in [-0.4, -0.2) is 32.6 Å². The minimum atomic E-state index is 0.455. The zero-order valence-corrected chi connectivity index (χ0v) is 11.5. The van der Waals surface area contributed by atoms with Crippen LogP contribution in [0.3, 0.4) is 0 Å². The molecule has 1 aromatic rings. The van der Waals surface area contributed by atoms with Crippen molar-refractivity contribution in [1.82, 2.24) is 5.32 Å². The lowest BCUT2D eigenvalue weighted by Crippen LogP contribution is -2.33. The first-order valence-corrected chi connectivity index (χ1v) is 6.67. The van der Waals surface area contributed by atoms with Gasteiger partial charge >= 0.3 is 0 Å². The number of nitrogens with two attached hydrogens (primary N) is 1. The van der Waals surface area contributed by atoms with Crippen LogP contribution in [0.2, 0.25) is 0 Å². The van der Waals surface area contributed by atoms with E-state index >= 15 is 0 Å². The van der Waals surface area contributed by atoms with Gasteiger partial charge in [-0.1, -0.05) is 24.3 Å². The largest absolute Gasteiger partial charge is 0.374 e. The van der Waals surface area contributed by atoms with E-state index in [1.807, 2.05) is 0 Å². The van der Waals surface area contributed by atoms with Crippen LogP contribution in [0.4, 0.5) is 5.69 Å². The van der Waals surface area contributed by atoms with Crippen LogP contribution in [0.1, 0.15) is 17.9 Å². The van der Waals surface area contributed by atoms with Crippen molar-refractivity contribution < 1.29 is 0 Å². The molecule has 19 heavy (non-hydrogen) atoms. The molecule has 0 spiro atoms. The number of fused-ring (bicyclic) bond motifs is 1. The van der Waals surface area contributed by atoms with E-state index in [0.29, 0.717) is 18.4 Å². The van der Waals surface area contributed by atoms with Crippen molar-refractivity contribution in [3.05, 3.63) is 42.5 Å². The summed E-state index contributed by atoms with van der Waals surface area (Å²) in [6.45, 7) is 6.10. The van der Waals surface area contributed by atoms with Gasteiger partial charge in [0.25, 0.3) is 0 Å². The molecule has 0 saturated carbocycles. The first-order valence-electron chi connectivity index (χ1n) is 6.67. The summed E-state index contributed by atoms with van der Waals surface area (Å²) in [7, 11) is 2.14. The molecule has 0 saturated heterocycles. The molecule has 0 radical (unpaired) electrons. The van der Waals surface area contributed by atoms with Crippen molar-refractivity contribution in [2.24, 2.45) is 10.7 Å². The molecule has 1 atom stereocenters. The number of guanidine groups is 1. The summed E-state index contributed by atoms with van der Waals surface area (Å²) in [5.74, 6) is 0.952. The first kappa shape index (κ1) is 13.5. The van der Waals surface area contributed by atoms with Crippen molar-refractivity contribution in [2.45, 2.75) is 12.3 Å². The van der Waals surface area contributed by atoms with Crippen LogP contribution in [0.15, 0.2) is 41.9 Å². The highest BCUT2D eigenvalue weighted by atomic mass is 15.1. The summed E-state index contributed by atoms with van der Waals surface area (Å²) in [4.78, 5) is 6.73. The molecule has 1 aliphatic rings. The standard InChI is InChI=1S/C15H22N4/c1-3-9-17-15(16)18-11-12-8-10-19(2)14-7-5-4-6-13(12)14/h3-7,12H,1,8-11H2,2H3,(H3,16,17,18). The number of aliphatic imine (C=N–C) groups is 1. The van der Waals surface area contributed by atoms with Crippen LogP contribution >= 0.6 is 0 Å². The number of anilines is 1. The molecule has 2 rings (SSSR count). The highest BCUT2D eigenvalue weighted by Gasteiger charge is 2.22. The highest BCUT2D eigenvalue weighted by Crippen LogP contribution is 2.34. The minimum Gasteiger partial charge on any atom is -0.374 e. The molecule has 4 heteroatoms. The van der Waals surface area contributed by atoms with Crippen LogP contribution in [-0.2, 0) is 0 Å². The molecule has 102 valence electrons. The molecular formula is C15H22N4. The molecule has 0 aromatic heterocycles. The third-order valence-corrected chi connectivity index (χ3v) is 3.51.